The lowest BCUT2D eigenvalue weighted by Gasteiger charge is -2.36. The number of amides is 2. The summed E-state index contributed by atoms with van der Waals surface area (Å²) in [5, 5.41) is 2.85. The first-order valence-corrected chi connectivity index (χ1v) is 11.3. The largest absolute Gasteiger partial charge is 0.497 e. The first-order valence-electron chi connectivity index (χ1n) is 9.91. The van der Waals surface area contributed by atoms with Gasteiger partial charge in [-0.05, 0) is 36.1 Å². The Balaban J connectivity index is 1.95. The molecule has 2 amide bonds. The molecule has 0 saturated carbocycles. The number of H-pyrrole nitrogens is 1. The van der Waals surface area contributed by atoms with Crippen LogP contribution in [0.2, 0.25) is 0 Å². The van der Waals surface area contributed by atoms with Crippen LogP contribution in [-0.4, -0.2) is 72.8 Å². The second-order valence-corrected chi connectivity index (χ2v) is 8.05. The smallest absolute Gasteiger partial charge is 0.328 e. The van der Waals surface area contributed by atoms with E-state index in [9.17, 15) is 9.59 Å². The van der Waals surface area contributed by atoms with Gasteiger partial charge < -0.3 is 29.4 Å². The zero-order valence-corrected chi connectivity index (χ0v) is 19.0. The highest BCUT2D eigenvalue weighted by Gasteiger charge is 2.36. The number of fused-ring (bicyclic) bond motifs is 1. The van der Waals surface area contributed by atoms with Gasteiger partial charge in [0.15, 0.2) is 0 Å². The van der Waals surface area contributed by atoms with Crippen molar-refractivity contribution in [1.82, 2.24) is 20.2 Å². The van der Waals surface area contributed by atoms with E-state index in [1.54, 1.807) is 43.3 Å². The Hall–Kier alpha value is -2.88. The summed E-state index contributed by atoms with van der Waals surface area (Å²) in [5.74, 6) is 1.49. The molecule has 0 bridgehead atoms. The number of esters is 1. The molecule has 1 aromatic carbocycles. The second-order valence-electron chi connectivity index (χ2n) is 7.06. The third kappa shape index (κ3) is 5.07. The summed E-state index contributed by atoms with van der Waals surface area (Å²) in [7, 11) is 4.48. The first-order chi connectivity index (χ1) is 15.0. The molecule has 10 heteroatoms. The molecule has 0 fully saturated rings. The topological polar surface area (TPSA) is 106 Å². The predicted octanol–water partition coefficient (Wildman–Crippen LogP) is 2.38. The number of carbonyl (C=O) groups excluding carboxylic acids is 2. The van der Waals surface area contributed by atoms with Crippen LogP contribution in [-0.2, 0) is 16.0 Å². The van der Waals surface area contributed by atoms with Crippen molar-refractivity contribution in [1.29, 1.82) is 0 Å². The van der Waals surface area contributed by atoms with Crippen molar-refractivity contribution in [3.8, 4) is 11.5 Å². The normalized spacial score (nSPS) is 16.3. The number of carbonyl (C=O) groups is 2. The van der Waals surface area contributed by atoms with E-state index >= 15 is 0 Å². The van der Waals surface area contributed by atoms with E-state index in [2.05, 4.69) is 15.3 Å². The van der Waals surface area contributed by atoms with Crippen LogP contribution in [0, 0.1) is 0 Å². The fourth-order valence-corrected chi connectivity index (χ4v) is 4.15. The Kier molecular flexibility index (Phi) is 7.67. The number of nitrogens with one attached hydrogen (secondary N) is 2. The van der Waals surface area contributed by atoms with E-state index in [1.807, 2.05) is 18.4 Å². The van der Waals surface area contributed by atoms with Crippen molar-refractivity contribution in [2.75, 3.05) is 39.9 Å². The number of rotatable bonds is 8. The van der Waals surface area contributed by atoms with Crippen LogP contribution < -0.4 is 14.8 Å². The molecule has 1 unspecified atom stereocenters. The number of imidazole rings is 1. The number of urea groups is 1. The summed E-state index contributed by atoms with van der Waals surface area (Å²) in [6.07, 6.45) is 4.70. The SMILES string of the molecule is COC(=O)[C@H](CCSC)NC(=O)N1CCc2[nH]cnc2C1c1cc(OC)cc(OC)c1. The minimum atomic E-state index is -0.717. The first kappa shape index (κ1) is 22.8. The molecule has 0 spiro atoms. The van der Waals surface area contributed by atoms with Crippen LogP contribution in [0.3, 0.4) is 0 Å². The third-order valence-electron chi connectivity index (χ3n) is 5.27. The van der Waals surface area contributed by atoms with Crippen molar-refractivity contribution in [3.05, 3.63) is 41.5 Å². The van der Waals surface area contributed by atoms with Gasteiger partial charge in [0.25, 0.3) is 0 Å². The Morgan fingerprint density at radius 3 is 2.58 bits per heavy atom. The number of hydrogen-bond donors (Lipinski definition) is 2. The third-order valence-corrected chi connectivity index (χ3v) is 5.91. The van der Waals surface area contributed by atoms with Crippen LogP contribution in [0.5, 0.6) is 11.5 Å². The highest BCUT2D eigenvalue weighted by atomic mass is 32.2. The highest BCUT2D eigenvalue weighted by molar-refractivity contribution is 7.98. The molecule has 2 atom stereocenters. The fraction of sp³-hybridized carbons (Fsp3) is 0.476. The Bertz CT molecular complexity index is 897. The average Bonchev–Trinajstić information content (AvgIpc) is 3.28. The minimum Gasteiger partial charge on any atom is -0.497 e. The summed E-state index contributed by atoms with van der Waals surface area (Å²) in [5.41, 5.74) is 2.54. The monoisotopic (exact) mass is 448 g/mol. The molecular formula is C21H28N4O5S. The van der Waals surface area contributed by atoms with Crippen molar-refractivity contribution in [3.63, 3.8) is 0 Å². The van der Waals surface area contributed by atoms with E-state index in [0.717, 1.165) is 22.7 Å². The number of thioether (sulfide) groups is 1. The van der Waals surface area contributed by atoms with Crippen molar-refractivity contribution in [2.45, 2.75) is 24.9 Å². The number of ether oxygens (including phenoxy) is 3. The minimum absolute atomic E-state index is 0.350. The van der Waals surface area contributed by atoms with Gasteiger partial charge in [-0.3, -0.25) is 0 Å². The van der Waals surface area contributed by atoms with Crippen LogP contribution in [0.1, 0.15) is 29.4 Å². The summed E-state index contributed by atoms with van der Waals surface area (Å²) in [6, 6.07) is 3.98. The lowest BCUT2D eigenvalue weighted by molar-refractivity contribution is -0.142. The maximum Gasteiger partial charge on any atom is 0.328 e. The van der Waals surface area contributed by atoms with Crippen molar-refractivity contribution in [2.24, 2.45) is 0 Å². The van der Waals surface area contributed by atoms with E-state index in [-0.39, 0.29) is 6.03 Å². The van der Waals surface area contributed by atoms with Crippen molar-refractivity contribution >= 4 is 23.8 Å². The highest BCUT2D eigenvalue weighted by Crippen LogP contribution is 2.37. The molecule has 3 rings (SSSR count). The van der Waals surface area contributed by atoms with Gasteiger partial charge in [-0.1, -0.05) is 0 Å². The molecule has 9 nitrogen and oxygen atoms in total. The van der Waals surface area contributed by atoms with Crippen LogP contribution in [0.25, 0.3) is 0 Å². The number of methoxy groups -OCH3 is 3. The Morgan fingerprint density at radius 2 is 1.97 bits per heavy atom. The maximum atomic E-state index is 13.3. The standard InChI is InChI=1S/C21H28N4O5S/c1-28-14-9-13(10-15(11-14)29-2)19-18-16(22-12-23-18)5-7-25(19)21(27)24-17(6-8-31-4)20(26)30-3/h9-12,17,19H,5-8H2,1-4H3,(H,22,23)(H,24,27)/t17-,19?/m0/s1. The number of hydrogen-bond acceptors (Lipinski definition) is 7. The maximum absolute atomic E-state index is 13.3. The van der Waals surface area contributed by atoms with Gasteiger partial charge in [0, 0.05) is 24.7 Å². The lowest BCUT2D eigenvalue weighted by Crippen LogP contribution is -2.51. The number of aromatic amines is 1. The zero-order valence-electron chi connectivity index (χ0n) is 18.1. The van der Waals surface area contributed by atoms with Crippen molar-refractivity contribution < 1.29 is 23.8 Å². The summed E-state index contributed by atoms with van der Waals surface area (Å²) >= 11 is 1.60. The molecule has 2 aromatic rings. The molecule has 31 heavy (non-hydrogen) atoms. The second kappa shape index (κ2) is 10.4. The quantitative estimate of drug-likeness (QED) is 0.597. The average molecular weight is 449 g/mol. The van der Waals surface area contributed by atoms with Gasteiger partial charge in [0.05, 0.1) is 33.4 Å². The number of nitrogens with zero attached hydrogens (tertiary/aromatic N) is 2. The molecule has 168 valence electrons. The molecule has 0 aliphatic carbocycles. The molecule has 1 aliphatic rings. The summed E-state index contributed by atoms with van der Waals surface area (Å²) < 4.78 is 15.7. The number of benzene rings is 1. The Morgan fingerprint density at radius 1 is 1.26 bits per heavy atom. The molecular weight excluding hydrogens is 420 g/mol. The number of aromatic nitrogens is 2. The van der Waals surface area contributed by atoms with E-state index in [4.69, 9.17) is 14.2 Å². The van der Waals surface area contributed by atoms with Gasteiger partial charge in [-0.2, -0.15) is 11.8 Å². The molecule has 1 aromatic heterocycles. The van der Waals surface area contributed by atoms with Crippen LogP contribution in [0.15, 0.2) is 24.5 Å². The van der Waals surface area contributed by atoms with Gasteiger partial charge in [0.2, 0.25) is 0 Å². The van der Waals surface area contributed by atoms with Gasteiger partial charge in [-0.15, -0.1) is 0 Å². The van der Waals surface area contributed by atoms with Gasteiger partial charge in [-0.25, -0.2) is 14.6 Å². The molecule has 1 aliphatic heterocycles. The molecule has 2 heterocycles. The summed E-state index contributed by atoms with van der Waals surface area (Å²) in [6.45, 7) is 0.460. The van der Waals surface area contributed by atoms with E-state index in [0.29, 0.717) is 30.9 Å². The van der Waals surface area contributed by atoms with Gasteiger partial charge in [0.1, 0.15) is 23.6 Å². The molecule has 0 saturated heterocycles. The summed E-state index contributed by atoms with van der Waals surface area (Å²) in [4.78, 5) is 34.8. The van der Waals surface area contributed by atoms with Crippen LogP contribution >= 0.6 is 11.8 Å². The fourth-order valence-electron chi connectivity index (χ4n) is 3.68. The molecule has 0 radical (unpaired) electrons. The lowest BCUT2D eigenvalue weighted by atomic mass is 9.95. The van der Waals surface area contributed by atoms with E-state index in [1.165, 1.54) is 7.11 Å². The predicted molar refractivity (Wildman–Crippen MR) is 118 cm³/mol. The Labute approximate surface area is 185 Å². The van der Waals surface area contributed by atoms with E-state index < -0.39 is 18.1 Å². The molecule has 2 N–H and O–H groups in total. The van der Waals surface area contributed by atoms with Gasteiger partial charge >= 0.3 is 12.0 Å². The zero-order chi connectivity index (χ0) is 22.4. The van der Waals surface area contributed by atoms with Crippen LogP contribution in [0.4, 0.5) is 4.79 Å².